The van der Waals surface area contributed by atoms with Crippen LogP contribution < -0.4 is 5.73 Å². The zero-order valence-electron chi connectivity index (χ0n) is 11.5. The van der Waals surface area contributed by atoms with Crippen LogP contribution in [0.25, 0.3) is 0 Å². The largest absolute Gasteiger partial charge is 0.330 e. The summed E-state index contributed by atoms with van der Waals surface area (Å²) < 4.78 is 0. The Morgan fingerprint density at radius 1 is 1.63 bits per heavy atom. The molecular weight excluding hydrogens is 242 g/mol. The first-order chi connectivity index (χ1) is 9.11. The van der Waals surface area contributed by atoms with Crippen LogP contribution >= 0.6 is 0 Å². The smallest absolute Gasteiger partial charge is 0.214 e. The van der Waals surface area contributed by atoms with Gasteiger partial charge < -0.3 is 5.73 Å². The molecule has 0 radical (unpaired) electrons. The van der Waals surface area contributed by atoms with Crippen molar-refractivity contribution in [2.75, 3.05) is 19.6 Å². The number of nitrogens with two attached hydrogens (primary N) is 1. The summed E-state index contributed by atoms with van der Waals surface area (Å²) in [4.78, 5) is 13.0. The molecule has 3 atom stereocenters. The molecule has 0 amide bonds. The van der Waals surface area contributed by atoms with Gasteiger partial charge in [-0.3, -0.25) is 15.0 Å². The number of hydrogen-bond acceptors (Lipinski definition) is 4. The first kappa shape index (κ1) is 14.2. The van der Waals surface area contributed by atoms with Crippen LogP contribution in [0, 0.1) is 16.0 Å². The topological polar surface area (TPSA) is 72.4 Å². The molecule has 106 valence electrons. The molecule has 1 saturated heterocycles. The number of fused-ring (bicyclic) bond motifs is 1. The van der Waals surface area contributed by atoms with Crippen LogP contribution in [-0.4, -0.2) is 41.5 Å². The lowest BCUT2D eigenvalue weighted by Crippen LogP contribution is -2.33. The fourth-order valence-electron chi connectivity index (χ4n) is 3.01. The molecule has 1 aliphatic carbocycles. The first-order valence-electron chi connectivity index (χ1n) is 7.08. The molecule has 5 heteroatoms. The Bertz CT molecular complexity index is 392. The van der Waals surface area contributed by atoms with Gasteiger partial charge in [-0.2, -0.15) is 0 Å². The van der Waals surface area contributed by atoms with E-state index in [2.05, 4.69) is 23.1 Å². The SMILES string of the molecule is CC(CC1=CC2CCN(CCCN)C2C=C1)[N+](=O)[O-]. The molecular formula is C14H23N3O2. The minimum absolute atomic E-state index is 0.205. The van der Waals surface area contributed by atoms with E-state index in [1.165, 1.54) is 0 Å². The van der Waals surface area contributed by atoms with E-state index >= 15 is 0 Å². The predicted octanol–water partition coefficient (Wildman–Crippen LogP) is 1.58. The van der Waals surface area contributed by atoms with Crippen molar-refractivity contribution in [3.05, 3.63) is 33.9 Å². The second-order valence-corrected chi connectivity index (χ2v) is 5.56. The van der Waals surface area contributed by atoms with Gasteiger partial charge in [0.25, 0.3) is 0 Å². The highest BCUT2D eigenvalue weighted by Gasteiger charge is 2.32. The molecule has 0 saturated carbocycles. The van der Waals surface area contributed by atoms with Gasteiger partial charge in [-0.25, -0.2) is 0 Å². The minimum Gasteiger partial charge on any atom is -0.330 e. The molecule has 0 bridgehead atoms. The van der Waals surface area contributed by atoms with Gasteiger partial charge in [0, 0.05) is 24.3 Å². The maximum absolute atomic E-state index is 10.7. The zero-order chi connectivity index (χ0) is 13.8. The summed E-state index contributed by atoms with van der Waals surface area (Å²) in [5, 5.41) is 10.7. The number of rotatable bonds is 6. The van der Waals surface area contributed by atoms with E-state index in [1.54, 1.807) is 6.92 Å². The fourth-order valence-corrected chi connectivity index (χ4v) is 3.01. The van der Waals surface area contributed by atoms with Crippen LogP contribution in [0.5, 0.6) is 0 Å². The Hall–Kier alpha value is -1.20. The molecule has 19 heavy (non-hydrogen) atoms. The van der Waals surface area contributed by atoms with Crippen LogP contribution in [0.1, 0.15) is 26.2 Å². The lowest BCUT2D eigenvalue weighted by Gasteiger charge is -2.27. The fraction of sp³-hybridized carbons (Fsp3) is 0.714. The Labute approximate surface area is 114 Å². The van der Waals surface area contributed by atoms with Gasteiger partial charge in [0.05, 0.1) is 0 Å². The average molecular weight is 265 g/mol. The third kappa shape index (κ3) is 3.42. The Kier molecular flexibility index (Phi) is 4.71. The van der Waals surface area contributed by atoms with Crippen molar-refractivity contribution in [1.82, 2.24) is 4.90 Å². The molecule has 2 rings (SSSR count). The highest BCUT2D eigenvalue weighted by atomic mass is 16.6. The molecule has 3 unspecified atom stereocenters. The molecule has 2 aliphatic rings. The van der Waals surface area contributed by atoms with Crippen LogP contribution in [-0.2, 0) is 0 Å². The maximum atomic E-state index is 10.7. The van der Waals surface area contributed by atoms with E-state index in [0.717, 1.165) is 38.0 Å². The van der Waals surface area contributed by atoms with Gasteiger partial charge >= 0.3 is 0 Å². The molecule has 0 spiro atoms. The highest BCUT2D eigenvalue weighted by Crippen LogP contribution is 2.32. The summed E-state index contributed by atoms with van der Waals surface area (Å²) >= 11 is 0. The zero-order valence-corrected chi connectivity index (χ0v) is 11.5. The lowest BCUT2D eigenvalue weighted by molar-refractivity contribution is -0.517. The van der Waals surface area contributed by atoms with E-state index in [0.29, 0.717) is 18.4 Å². The molecule has 0 aromatic carbocycles. The molecule has 1 aliphatic heterocycles. The predicted molar refractivity (Wildman–Crippen MR) is 75.4 cm³/mol. The maximum Gasteiger partial charge on any atom is 0.214 e. The van der Waals surface area contributed by atoms with Gasteiger partial charge in [0.2, 0.25) is 6.04 Å². The van der Waals surface area contributed by atoms with Crippen molar-refractivity contribution in [1.29, 1.82) is 0 Å². The van der Waals surface area contributed by atoms with Gasteiger partial charge in [-0.15, -0.1) is 0 Å². The van der Waals surface area contributed by atoms with Crippen molar-refractivity contribution in [3.8, 4) is 0 Å². The normalized spacial score (nSPS) is 28.0. The Balaban J connectivity index is 1.93. The van der Waals surface area contributed by atoms with E-state index < -0.39 is 6.04 Å². The van der Waals surface area contributed by atoms with Gasteiger partial charge in [-0.05, 0) is 44.0 Å². The highest BCUT2D eigenvalue weighted by molar-refractivity contribution is 5.29. The summed E-state index contributed by atoms with van der Waals surface area (Å²) in [7, 11) is 0. The summed E-state index contributed by atoms with van der Waals surface area (Å²) in [6.07, 6.45) is 9.25. The lowest BCUT2D eigenvalue weighted by atomic mass is 9.89. The Morgan fingerprint density at radius 2 is 2.42 bits per heavy atom. The summed E-state index contributed by atoms with van der Waals surface area (Å²) in [6.45, 7) is 4.56. The second-order valence-electron chi connectivity index (χ2n) is 5.56. The first-order valence-corrected chi connectivity index (χ1v) is 7.08. The van der Waals surface area contributed by atoms with Gasteiger partial charge in [0.15, 0.2) is 0 Å². The van der Waals surface area contributed by atoms with Crippen LogP contribution in [0.4, 0.5) is 0 Å². The second kappa shape index (κ2) is 6.30. The Morgan fingerprint density at radius 3 is 3.11 bits per heavy atom. The summed E-state index contributed by atoms with van der Waals surface area (Å²) in [5.74, 6) is 0.525. The minimum atomic E-state index is -0.498. The summed E-state index contributed by atoms with van der Waals surface area (Å²) in [5.41, 5.74) is 6.68. The molecule has 0 aromatic rings. The number of nitrogens with zero attached hydrogens (tertiary/aromatic N) is 2. The van der Waals surface area contributed by atoms with Crippen LogP contribution in [0.3, 0.4) is 0 Å². The number of allylic oxidation sites excluding steroid dienone is 1. The quantitative estimate of drug-likeness (QED) is 0.584. The summed E-state index contributed by atoms with van der Waals surface area (Å²) in [6, 6.07) is -0.0246. The number of hydrogen-bond donors (Lipinski definition) is 1. The number of nitro groups is 1. The standard InChI is InChI=1S/C14H23N3O2/c1-11(17(18)19)9-12-3-4-14-13(10-12)5-8-16(14)7-2-6-15/h3-4,10-11,13-14H,2,5-9,15H2,1H3. The molecule has 0 aromatic heterocycles. The van der Waals surface area contributed by atoms with Gasteiger partial charge in [0.1, 0.15) is 0 Å². The van der Waals surface area contributed by atoms with Crippen molar-refractivity contribution in [2.24, 2.45) is 11.7 Å². The van der Waals surface area contributed by atoms with Gasteiger partial charge in [-0.1, -0.05) is 18.2 Å². The van der Waals surface area contributed by atoms with Crippen LogP contribution in [0.2, 0.25) is 0 Å². The molecule has 1 heterocycles. The van der Waals surface area contributed by atoms with Crippen molar-refractivity contribution in [2.45, 2.75) is 38.3 Å². The van der Waals surface area contributed by atoms with Crippen molar-refractivity contribution < 1.29 is 4.92 Å². The average Bonchev–Trinajstić information content (AvgIpc) is 2.78. The molecule has 1 fully saturated rings. The van der Waals surface area contributed by atoms with Crippen molar-refractivity contribution >= 4 is 0 Å². The third-order valence-electron chi connectivity index (χ3n) is 4.09. The van der Waals surface area contributed by atoms with E-state index in [-0.39, 0.29) is 4.92 Å². The molecule has 2 N–H and O–H groups in total. The van der Waals surface area contributed by atoms with E-state index in [1.807, 2.05) is 0 Å². The third-order valence-corrected chi connectivity index (χ3v) is 4.09. The van der Waals surface area contributed by atoms with E-state index in [4.69, 9.17) is 5.73 Å². The van der Waals surface area contributed by atoms with E-state index in [9.17, 15) is 10.1 Å². The molecule has 5 nitrogen and oxygen atoms in total. The van der Waals surface area contributed by atoms with Crippen molar-refractivity contribution in [3.63, 3.8) is 0 Å². The monoisotopic (exact) mass is 265 g/mol. The van der Waals surface area contributed by atoms with Crippen LogP contribution in [0.15, 0.2) is 23.8 Å². The number of likely N-dealkylation sites (tertiary alicyclic amines) is 1.